The van der Waals surface area contributed by atoms with E-state index in [1.165, 1.54) is 0 Å². The third-order valence-electron chi connectivity index (χ3n) is 2.40. The van der Waals surface area contributed by atoms with Gasteiger partial charge in [0.25, 0.3) is 0 Å². The van der Waals surface area contributed by atoms with Crippen molar-refractivity contribution in [3.8, 4) is 11.5 Å². The van der Waals surface area contributed by atoms with Gasteiger partial charge in [-0.2, -0.15) is 8.42 Å². The second kappa shape index (κ2) is 6.41. The maximum Gasteiger partial charge on any atom is 0.325 e. The quantitative estimate of drug-likeness (QED) is 0.629. The number of hydrogen-bond acceptors (Lipinski definition) is 5. The van der Waals surface area contributed by atoms with E-state index in [0.29, 0.717) is 17.1 Å². The highest BCUT2D eigenvalue weighted by molar-refractivity contribution is 7.85. The van der Waals surface area contributed by atoms with Crippen LogP contribution in [0, 0.1) is 6.92 Å². The van der Waals surface area contributed by atoms with Gasteiger partial charge in [0.05, 0.1) is 12.0 Å². The molecule has 2 radical (unpaired) electrons. The molecule has 0 heterocycles. The Labute approximate surface area is 123 Å². The lowest BCUT2D eigenvalue weighted by Gasteiger charge is -2.06. The number of benzene rings is 2. The van der Waals surface area contributed by atoms with Gasteiger partial charge in [-0.15, -0.1) is 0 Å². The Morgan fingerprint density at radius 1 is 1.00 bits per heavy atom. The molecule has 2 aromatic rings. The van der Waals surface area contributed by atoms with Gasteiger partial charge in [-0.25, -0.2) is 0 Å². The number of ether oxygens (including phenoxy) is 1. The van der Waals surface area contributed by atoms with Crippen molar-refractivity contribution in [3.05, 3.63) is 67.1 Å². The molecule has 21 heavy (non-hydrogen) atoms. The van der Waals surface area contributed by atoms with E-state index in [9.17, 15) is 8.42 Å². The monoisotopic (exact) mass is 303 g/mol. The number of para-hydroxylation sites is 1. The van der Waals surface area contributed by atoms with E-state index < -0.39 is 10.1 Å². The molecule has 0 aliphatic carbocycles. The van der Waals surface area contributed by atoms with Crippen LogP contribution >= 0.6 is 0 Å². The summed E-state index contributed by atoms with van der Waals surface area (Å²) in [5.41, 5.74) is 0.491. The third-order valence-corrected chi connectivity index (χ3v) is 2.75. The van der Waals surface area contributed by atoms with Crippen molar-refractivity contribution in [2.75, 3.05) is 6.26 Å². The van der Waals surface area contributed by atoms with Gasteiger partial charge in [-0.05, 0) is 42.0 Å². The number of rotatable bonds is 5. The molecule has 0 amide bonds. The maximum atomic E-state index is 10.8. The summed E-state index contributed by atoms with van der Waals surface area (Å²) in [4.78, 5) is 0. The van der Waals surface area contributed by atoms with Gasteiger partial charge in [0.2, 0.25) is 0 Å². The van der Waals surface area contributed by atoms with Crippen molar-refractivity contribution in [1.29, 1.82) is 0 Å². The lowest BCUT2D eigenvalue weighted by molar-refractivity contribution is 0.343. The molecule has 5 nitrogen and oxygen atoms in total. The van der Waals surface area contributed by atoms with Crippen LogP contribution in [0.3, 0.4) is 0 Å². The average Bonchev–Trinajstić information content (AvgIpc) is 2.46. The summed E-state index contributed by atoms with van der Waals surface area (Å²) in [5, 5.41) is 3.34. The van der Waals surface area contributed by atoms with Crippen molar-refractivity contribution in [2.24, 2.45) is 5.16 Å². The molecule has 6 heteroatoms. The van der Waals surface area contributed by atoms with E-state index in [4.69, 9.17) is 11.7 Å². The molecule has 0 atom stereocenters. The number of nitrogens with zero attached hydrogens (tertiary/aromatic N) is 1. The minimum absolute atomic E-state index is 0.0355. The van der Waals surface area contributed by atoms with E-state index in [0.717, 1.165) is 6.26 Å². The summed E-state index contributed by atoms with van der Waals surface area (Å²) >= 11 is 0. The van der Waals surface area contributed by atoms with Crippen LogP contribution in [0.5, 0.6) is 11.5 Å². The minimum atomic E-state index is -3.67. The molecular weight excluding hydrogens is 290 g/mol. The molecule has 0 N–H and O–H groups in total. The van der Waals surface area contributed by atoms with Crippen LogP contribution < -0.4 is 4.74 Å². The summed E-state index contributed by atoms with van der Waals surface area (Å²) in [6, 6.07) is 16.0. The van der Waals surface area contributed by atoms with Gasteiger partial charge in [-0.1, -0.05) is 23.4 Å². The molecular formula is C15H13NO4S. The normalized spacial score (nSPS) is 12.0. The third kappa shape index (κ3) is 4.92. The number of oxime groups is 1. The van der Waals surface area contributed by atoms with Crippen molar-refractivity contribution in [3.63, 3.8) is 0 Å². The van der Waals surface area contributed by atoms with Crippen LogP contribution in [0.4, 0.5) is 0 Å². The van der Waals surface area contributed by atoms with Gasteiger partial charge < -0.3 is 4.74 Å². The Balaban J connectivity index is 2.08. The topological polar surface area (TPSA) is 65.0 Å². The molecule has 0 aromatic heterocycles. The molecule has 0 saturated carbocycles. The zero-order valence-corrected chi connectivity index (χ0v) is 12.1. The average molecular weight is 303 g/mol. The standard InChI is InChI=1S/C15H13NO4S/c1-12(16-20-21(2,17)18)13-8-10-15(11-9-13)19-14-6-4-3-5-7-14/h1,3-11H,2H3. The lowest BCUT2D eigenvalue weighted by Crippen LogP contribution is -2.02. The zero-order valence-electron chi connectivity index (χ0n) is 11.3. The Morgan fingerprint density at radius 3 is 2.14 bits per heavy atom. The summed E-state index contributed by atoms with van der Waals surface area (Å²) in [7, 11) is -3.67. The molecule has 0 spiro atoms. The van der Waals surface area contributed by atoms with Gasteiger partial charge in [0, 0.05) is 6.92 Å². The minimum Gasteiger partial charge on any atom is -0.457 e. The molecule has 2 rings (SSSR count). The van der Waals surface area contributed by atoms with Gasteiger partial charge in [0.1, 0.15) is 11.5 Å². The molecule has 0 bridgehead atoms. The van der Waals surface area contributed by atoms with E-state index >= 15 is 0 Å². The Hall–Kier alpha value is -2.34. The summed E-state index contributed by atoms with van der Waals surface area (Å²) in [6.07, 6.45) is 0.889. The van der Waals surface area contributed by atoms with Gasteiger partial charge >= 0.3 is 10.1 Å². The second-order valence-electron chi connectivity index (χ2n) is 4.19. The van der Waals surface area contributed by atoms with E-state index in [2.05, 4.69) is 9.44 Å². The van der Waals surface area contributed by atoms with Crippen molar-refractivity contribution >= 4 is 15.8 Å². The molecule has 0 aliphatic heterocycles. The Bertz CT molecular complexity index is 722. The van der Waals surface area contributed by atoms with Crippen molar-refractivity contribution < 1.29 is 17.4 Å². The summed E-state index contributed by atoms with van der Waals surface area (Å²) in [5.74, 6) is 1.34. The van der Waals surface area contributed by atoms with Gasteiger partial charge in [0.15, 0.2) is 0 Å². The summed E-state index contributed by atoms with van der Waals surface area (Å²) < 4.78 is 31.5. The Kier molecular flexibility index (Phi) is 4.59. The highest BCUT2D eigenvalue weighted by atomic mass is 32.2. The molecule has 0 fully saturated rings. The second-order valence-corrected chi connectivity index (χ2v) is 5.75. The first-order chi connectivity index (χ1) is 9.94. The van der Waals surface area contributed by atoms with Crippen LogP contribution in [0.15, 0.2) is 59.8 Å². The molecule has 2 aromatic carbocycles. The molecule has 0 aliphatic rings. The first-order valence-electron chi connectivity index (χ1n) is 5.99. The first-order valence-corrected chi connectivity index (χ1v) is 7.81. The van der Waals surface area contributed by atoms with Crippen molar-refractivity contribution in [1.82, 2.24) is 0 Å². The van der Waals surface area contributed by atoms with Gasteiger partial charge in [-0.3, -0.25) is 4.28 Å². The van der Waals surface area contributed by atoms with Crippen molar-refractivity contribution in [2.45, 2.75) is 0 Å². The van der Waals surface area contributed by atoms with Crippen LogP contribution in [0.25, 0.3) is 0 Å². The molecule has 108 valence electrons. The Morgan fingerprint density at radius 2 is 1.57 bits per heavy atom. The fraction of sp³-hybridized carbons (Fsp3) is 0.0667. The lowest BCUT2D eigenvalue weighted by atomic mass is 10.1. The predicted octanol–water partition coefficient (Wildman–Crippen LogP) is 2.87. The predicted molar refractivity (Wildman–Crippen MR) is 79.7 cm³/mol. The van der Waals surface area contributed by atoms with Crippen LogP contribution in [-0.4, -0.2) is 20.4 Å². The van der Waals surface area contributed by atoms with E-state index in [-0.39, 0.29) is 5.71 Å². The van der Waals surface area contributed by atoms with Crippen LogP contribution in [-0.2, 0) is 14.4 Å². The highest BCUT2D eigenvalue weighted by Crippen LogP contribution is 2.21. The van der Waals surface area contributed by atoms with Crippen LogP contribution in [0.1, 0.15) is 5.56 Å². The van der Waals surface area contributed by atoms with Crippen LogP contribution in [0.2, 0.25) is 0 Å². The van der Waals surface area contributed by atoms with E-state index in [1.54, 1.807) is 24.3 Å². The smallest absolute Gasteiger partial charge is 0.325 e. The first kappa shape index (κ1) is 15.1. The fourth-order valence-electron chi connectivity index (χ4n) is 1.48. The van der Waals surface area contributed by atoms with E-state index in [1.807, 2.05) is 30.3 Å². The summed E-state index contributed by atoms with van der Waals surface area (Å²) in [6.45, 7) is 5.62. The molecule has 0 saturated heterocycles. The fourth-order valence-corrected chi connectivity index (χ4v) is 1.69. The number of hydrogen-bond donors (Lipinski definition) is 0. The zero-order chi connectivity index (χ0) is 15.3. The molecule has 0 unspecified atom stereocenters. The largest absolute Gasteiger partial charge is 0.457 e. The SMILES string of the molecule is [CH]C(=NOS(C)(=O)=O)c1ccc(Oc2ccccc2)cc1. The highest BCUT2D eigenvalue weighted by Gasteiger charge is 2.04. The maximum absolute atomic E-state index is 10.8.